The molecule has 1 heterocycles. The molecule has 0 aromatic heterocycles. The summed E-state index contributed by atoms with van der Waals surface area (Å²) in [5.74, 6) is 1.16. The number of hydrogen-bond donors (Lipinski definition) is 2. The summed E-state index contributed by atoms with van der Waals surface area (Å²) >= 11 is 11.7. The lowest BCUT2D eigenvalue weighted by molar-refractivity contribution is -0.133. The lowest BCUT2D eigenvalue weighted by Gasteiger charge is -2.43. The van der Waals surface area contributed by atoms with E-state index in [1.165, 1.54) is 96.3 Å². The summed E-state index contributed by atoms with van der Waals surface area (Å²) < 4.78 is 30.4. The van der Waals surface area contributed by atoms with Gasteiger partial charge in [0.2, 0.25) is 0 Å². The van der Waals surface area contributed by atoms with Crippen LogP contribution in [-0.4, -0.2) is 91.2 Å². The van der Waals surface area contributed by atoms with Crippen LogP contribution < -0.4 is 10.2 Å². The largest absolute Gasteiger partial charge is 0.497 e. The number of hydrogen-bond acceptors (Lipinski definition) is 7. The number of carbonyl (C=O) groups excluding carboxylic acids is 1. The number of nitrogens with one attached hydrogen (secondary N) is 1. The third kappa shape index (κ3) is 10.2. The van der Waals surface area contributed by atoms with Crippen LogP contribution in [0.2, 0.25) is 0 Å². The third-order valence-electron chi connectivity index (χ3n) is 9.93. The number of alkyl halides is 2. The maximum atomic E-state index is 13.5. The van der Waals surface area contributed by atoms with E-state index in [2.05, 4.69) is 9.80 Å². The van der Waals surface area contributed by atoms with Crippen LogP contribution in [0.15, 0.2) is 29.2 Å². The predicted molar refractivity (Wildman–Crippen MR) is 179 cm³/mol. The summed E-state index contributed by atoms with van der Waals surface area (Å²) in [4.78, 5) is 17.5. The highest BCUT2D eigenvalue weighted by molar-refractivity contribution is 7.93. The summed E-state index contributed by atoms with van der Waals surface area (Å²) in [7, 11) is -2.47. The maximum absolute atomic E-state index is 13.5. The Labute approximate surface area is 276 Å². The quantitative estimate of drug-likeness (QED) is 0.160. The van der Waals surface area contributed by atoms with Gasteiger partial charge < -0.3 is 9.64 Å². The minimum atomic E-state index is -3.98. The first-order chi connectivity index (χ1) is 21.3. The molecule has 0 spiro atoms. The van der Waals surface area contributed by atoms with E-state index < -0.39 is 20.5 Å². The summed E-state index contributed by atoms with van der Waals surface area (Å²) in [5, 5.41) is 9.33. The topological polar surface area (TPSA) is 99.2 Å². The molecule has 11 heteroatoms. The zero-order chi connectivity index (χ0) is 31.8. The highest BCUT2D eigenvalue weighted by Crippen LogP contribution is 2.38. The Bertz CT molecular complexity index is 1050. The Morgan fingerprint density at radius 1 is 0.886 bits per heavy atom. The van der Waals surface area contributed by atoms with E-state index in [9.17, 15) is 18.4 Å². The number of halogens is 2. The first kappa shape index (κ1) is 37.4. The number of benzene rings is 1. The van der Waals surface area contributed by atoms with E-state index >= 15 is 0 Å². The Kier molecular flexibility index (Phi) is 16.6. The molecule has 0 bridgehead atoms. The Balaban J connectivity index is 0.000000297. The van der Waals surface area contributed by atoms with Gasteiger partial charge in [-0.05, 0) is 62.8 Å². The molecule has 0 radical (unpaired) electrons. The van der Waals surface area contributed by atoms with Crippen LogP contribution in [0.4, 0.5) is 0 Å². The number of ether oxygens (including phenoxy) is 1. The minimum absolute atomic E-state index is 0.0707. The fraction of sp³-hybridized carbons (Fsp3) is 0.788. The molecular formula is C33H55Cl2N3O5S. The van der Waals surface area contributed by atoms with Crippen molar-refractivity contribution in [3.8, 4) is 5.75 Å². The average molecular weight is 677 g/mol. The molecule has 8 nitrogen and oxygen atoms in total. The van der Waals surface area contributed by atoms with Crippen LogP contribution in [0.25, 0.3) is 0 Å². The van der Waals surface area contributed by atoms with Gasteiger partial charge in [0.25, 0.3) is 5.91 Å². The number of rotatable bonds is 10. The van der Waals surface area contributed by atoms with Gasteiger partial charge in [0.15, 0.2) is 14.6 Å². The zero-order valence-corrected chi connectivity index (χ0v) is 29.0. The maximum Gasteiger partial charge on any atom is 0.265 e. The molecule has 1 aromatic rings. The number of sulfone groups is 1. The van der Waals surface area contributed by atoms with E-state index in [0.717, 1.165) is 43.7 Å². The molecule has 4 rings (SSSR count). The number of amides is 1. The van der Waals surface area contributed by atoms with Gasteiger partial charge in [0.1, 0.15) is 5.75 Å². The van der Waals surface area contributed by atoms with Gasteiger partial charge in [-0.1, -0.05) is 64.2 Å². The molecule has 3 aliphatic rings. The molecule has 1 saturated heterocycles. The molecule has 0 unspecified atom stereocenters. The second kappa shape index (κ2) is 19.5. The molecule has 1 aliphatic heterocycles. The van der Waals surface area contributed by atoms with Crippen molar-refractivity contribution in [3.05, 3.63) is 24.3 Å². The molecule has 0 atom stereocenters. The number of nitrogens with zero attached hydrogens (tertiary/aromatic N) is 2. The van der Waals surface area contributed by atoms with E-state index in [1.807, 2.05) is 0 Å². The van der Waals surface area contributed by atoms with Crippen molar-refractivity contribution in [2.75, 3.05) is 45.0 Å². The van der Waals surface area contributed by atoms with Crippen molar-refractivity contribution in [1.82, 2.24) is 15.3 Å². The second-order valence-corrected chi connectivity index (χ2v) is 15.6. The van der Waals surface area contributed by atoms with E-state index in [1.54, 1.807) is 17.6 Å². The molecule has 2 N–H and O–H groups in total. The first-order valence-electron chi connectivity index (χ1n) is 16.8. The monoisotopic (exact) mass is 675 g/mol. The minimum Gasteiger partial charge on any atom is -0.497 e. The van der Waals surface area contributed by atoms with Gasteiger partial charge in [-0.25, -0.2) is 13.9 Å². The SMILES string of the molecule is COc1ccc(S(=O)(=O)C2(C(=O)NO)CCN(C3CCCCCCC3)CC2)cc1.ClCCN(CCCl)C1CCCCCCC1. The number of piperidine rings is 1. The lowest BCUT2D eigenvalue weighted by atomic mass is 9.90. The van der Waals surface area contributed by atoms with Crippen LogP contribution in [0.3, 0.4) is 0 Å². The molecular weight excluding hydrogens is 621 g/mol. The third-order valence-corrected chi connectivity index (χ3v) is 12.8. The van der Waals surface area contributed by atoms with Crippen molar-refractivity contribution in [2.45, 2.75) is 124 Å². The highest BCUT2D eigenvalue weighted by Gasteiger charge is 2.53. The molecule has 252 valence electrons. The fourth-order valence-electron chi connectivity index (χ4n) is 7.24. The number of carbonyl (C=O) groups is 1. The van der Waals surface area contributed by atoms with Crippen molar-refractivity contribution in [1.29, 1.82) is 0 Å². The van der Waals surface area contributed by atoms with Gasteiger partial charge in [0, 0.05) is 50.0 Å². The summed E-state index contributed by atoms with van der Waals surface area (Å²) in [6.45, 7) is 3.07. The molecule has 1 aromatic carbocycles. The van der Waals surface area contributed by atoms with E-state index in [0.29, 0.717) is 24.9 Å². The number of likely N-dealkylation sites (tertiary alicyclic amines) is 1. The van der Waals surface area contributed by atoms with Crippen molar-refractivity contribution < 1.29 is 23.2 Å². The highest BCUT2D eigenvalue weighted by atomic mass is 35.5. The van der Waals surface area contributed by atoms with E-state index in [-0.39, 0.29) is 17.7 Å². The van der Waals surface area contributed by atoms with Crippen LogP contribution in [0.1, 0.15) is 103 Å². The van der Waals surface area contributed by atoms with Crippen molar-refractivity contribution in [3.63, 3.8) is 0 Å². The summed E-state index contributed by atoms with van der Waals surface area (Å²) in [5.41, 5.74) is 1.63. The zero-order valence-electron chi connectivity index (χ0n) is 26.7. The molecule has 2 saturated carbocycles. The molecule has 2 aliphatic carbocycles. The van der Waals surface area contributed by atoms with Crippen molar-refractivity contribution in [2.24, 2.45) is 0 Å². The Hall–Kier alpha value is -1.10. The van der Waals surface area contributed by atoms with Gasteiger partial charge >= 0.3 is 0 Å². The van der Waals surface area contributed by atoms with Crippen LogP contribution in [0, 0.1) is 0 Å². The van der Waals surface area contributed by atoms with Gasteiger partial charge in [-0.15, -0.1) is 23.2 Å². The number of methoxy groups -OCH3 is 1. The van der Waals surface area contributed by atoms with E-state index in [4.69, 9.17) is 27.9 Å². The van der Waals surface area contributed by atoms with Gasteiger partial charge in [-0.2, -0.15) is 0 Å². The first-order valence-corrected chi connectivity index (χ1v) is 19.3. The second-order valence-electron chi connectivity index (χ2n) is 12.6. The molecule has 3 fully saturated rings. The Morgan fingerprint density at radius 2 is 1.36 bits per heavy atom. The normalized spacial score (nSPS) is 21.2. The van der Waals surface area contributed by atoms with Crippen LogP contribution in [-0.2, 0) is 14.6 Å². The smallest absolute Gasteiger partial charge is 0.265 e. The standard InChI is InChI=1S/C21H32N2O5S.C12H23Cl2N/c1-28-18-9-11-19(12-10-18)29(26,27)21(20(24)22-25)13-15-23(16-14-21)17-7-5-3-2-4-6-8-17;13-8-10-15(11-9-14)12-6-4-2-1-3-5-7-12/h9-12,17,25H,2-8,13-16H2,1H3,(H,22,24);12H,1-11H2. The molecule has 44 heavy (non-hydrogen) atoms. The van der Waals surface area contributed by atoms with Crippen LogP contribution >= 0.6 is 23.2 Å². The lowest BCUT2D eigenvalue weighted by Crippen LogP contribution is -2.59. The number of hydroxylamine groups is 1. The Morgan fingerprint density at radius 3 is 1.82 bits per heavy atom. The average Bonchev–Trinajstić information content (AvgIpc) is 3.01. The fourth-order valence-corrected chi connectivity index (χ4v) is 9.63. The van der Waals surface area contributed by atoms with Gasteiger partial charge in [0.05, 0.1) is 12.0 Å². The summed E-state index contributed by atoms with van der Waals surface area (Å²) in [6, 6.07) is 7.25. The molecule has 1 amide bonds. The van der Waals surface area contributed by atoms with Crippen LogP contribution in [0.5, 0.6) is 5.75 Å². The van der Waals surface area contributed by atoms with Gasteiger partial charge in [-0.3, -0.25) is 14.9 Å². The summed E-state index contributed by atoms with van der Waals surface area (Å²) in [6.07, 6.45) is 18.5. The van der Waals surface area contributed by atoms with Crippen molar-refractivity contribution >= 4 is 38.9 Å². The predicted octanol–water partition coefficient (Wildman–Crippen LogP) is 6.80.